The first-order chi connectivity index (χ1) is 7.93. The van der Waals surface area contributed by atoms with Gasteiger partial charge in [-0.3, -0.25) is 4.79 Å². The lowest BCUT2D eigenvalue weighted by molar-refractivity contribution is -0.124. The molecule has 0 aromatic carbocycles. The Bertz CT molecular complexity index is 244. The van der Waals surface area contributed by atoms with Crippen LogP contribution in [0.3, 0.4) is 0 Å². The Kier molecular flexibility index (Phi) is 8.13. The van der Waals surface area contributed by atoms with Crippen molar-refractivity contribution in [3.63, 3.8) is 0 Å². The van der Waals surface area contributed by atoms with Crippen molar-refractivity contribution in [1.29, 1.82) is 0 Å². The molecule has 6 nitrogen and oxygen atoms in total. The Hall–Kier alpha value is -1.30. The number of hydrogen-bond acceptors (Lipinski definition) is 3. The third kappa shape index (κ3) is 9.62. The van der Waals surface area contributed by atoms with E-state index in [4.69, 9.17) is 11.5 Å². The Morgan fingerprint density at radius 1 is 1.12 bits per heavy atom. The van der Waals surface area contributed by atoms with Gasteiger partial charge in [-0.1, -0.05) is 13.3 Å². The molecule has 0 rings (SSSR count). The second-order valence-electron chi connectivity index (χ2n) is 4.39. The molecule has 0 aliphatic carbocycles. The zero-order chi connectivity index (χ0) is 13.3. The molecule has 0 aromatic heterocycles. The molecule has 0 aliphatic rings. The van der Waals surface area contributed by atoms with Crippen molar-refractivity contribution in [3.8, 4) is 0 Å². The quantitative estimate of drug-likeness (QED) is 0.448. The van der Waals surface area contributed by atoms with E-state index in [1.165, 1.54) is 0 Å². The third-order valence-corrected chi connectivity index (χ3v) is 2.47. The SMILES string of the molecule is CC(N)CCCC(C)C(=O)NCCNC(N)=O. The van der Waals surface area contributed by atoms with Crippen LogP contribution in [0.2, 0.25) is 0 Å². The topological polar surface area (TPSA) is 110 Å². The van der Waals surface area contributed by atoms with E-state index in [0.29, 0.717) is 13.1 Å². The van der Waals surface area contributed by atoms with Gasteiger partial charge in [0.15, 0.2) is 0 Å². The molecule has 2 atom stereocenters. The number of rotatable bonds is 8. The number of urea groups is 1. The number of amides is 3. The Labute approximate surface area is 102 Å². The fraction of sp³-hybridized carbons (Fsp3) is 0.818. The number of carbonyl (C=O) groups excluding carboxylic acids is 2. The van der Waals surface area contributed by atoms with E-state index in [1.54, 1.807) is 0 Å². The summed E-state index contributed by atoms with van der Waals surface area (Å²) in [5.41, 5.74) is 10.5. The lowest BCUT2D eigenvalue weighted by Gasteiger charge is -2.12. The Balaban J connectivity index is 3.57. The van der Waals surface area contributed by atoms with E-state index in [2.05, 4.69) is 10.6 Å². The highest BCUT2D eigenvalue weighted by molar-refractivity contribution is 5.78. The van der Waals surface area contributed by atoms with Crippen molar-refractivity contribution >= 4 is 11.9 Å². The molecule has 0 aliphatic heterocycles. The molecule has 2 unspecified atom stereocenters. The van der Waals surface area contributed by atoms with Gasteiger partial charge in [0.05, 0.1) is 0 Å². The summed E-state index contributed by atoms with van der Waals surface area (Å²) in [4.78, 5) is 21.9. The minimum absolute atomic E-state index is 0.000875. The summed E-state index contributed by atoms with van der Waals surface area (Å²) in [6.07, 6.45) is 2.71. The molecule has 17 heavy (non-hydrogen) atoms. The van der Waals surface area contributed by atoms with Gasteiger partial charge in [0.2, 0.25) is 5.91 Å². The van der Waals surface area contributed by atoms with Crippen molar-refractivity contribution in [2.75, 3.05) is 13.1 Å². The van der Waals surface area contributed by atoms with Crippen molar-refractivity contribution in [1.82, 2.24) is 10.6 Å². The van der Waals surface area contributed by atoms with Gasteiger partial charge in [0.25, 0.3) is 0 Å². The van der Waals surface area contributed by atoms with Crippen LogP contribution in [-0.2, 0) is 4.79 Å². The first kappa shape index (κ1) is 15.7. The van der Waals surface area contributed by atoms with Gasteiger partial charge in [-0.15, -0.1) is 0 Å². The second kappa shape index (κ2) is 8.81. The molecule has 0 saturated heterocycles. The molecule has 0 aromatic rings. The van der Waals surface area contributed by atoms with Crippen LogP contribution in [0, 0.1) is 5.92 Å². The summed E-state index contributed by atoms with van der Waals surface area (Å²) in [7, 11) is 0. The first-order valence-electron chi connectivity index (χ1n) is 6.00. The van der Waals surface area contributed by atoms with E-state index >= 15 is 0 Å². The molecule has 0 bridgehead atoms. The van der Waals surface area contributed by atoms with E-state index in [1.807, 2.05) is 13.8 Å². The number of nitrogens with one attached hydrogen (secondary N) is 2. The molecular formula is C11H24N4O2. The van der Waals surface area contributed by atoms with Gasteiger partial charge in [-0.25, -0.2) is 4.79 Å². The van der Waals surface area contributed by atoms with Crippen LogP contribution in [-0.4, -0.2) is 31.1 Å². The third-order valence-electron chi connectivity index (χ3n) is 2.47. The second-order valence-corrected chi connectivity index (χ2v) is 4.39. The normalized spacial score (nSPS) is 13.8. The maximum absolute atomic E-state index is 11.6. The van der Waals surface area contributed by atoms with Gasteiger partial charge >= 0.3 is 6.03 Å². The van der Waals surface area contributed by atoms with Crippen LogP contribution in [0.4, 0.5) is 4.79 Å². The first-order valence-corrected chi connectivity index (χ1v) is 6.00. The number of nitrogens with two attached hydrogens (primary N) is 2. The zero-order valence-electron chi connectivity index (χ0n) is 10.7. The van der Waals surface area contributed by atoms with E-state index in [-0.39, 0.29) is 17.9 Å². The summed E-state index contributed by atoms with van der Waals surface area (Å²) >= 11 is 0. The molecule has 0 spiro atoms. The lowest BCUT2D eigenvalue weighted by atomic mass is 10.0. The number of primary amides is 1. The highest BCUT2D eigenvalue weighted by atomic mass is 16.2. The fourth-order valence-corrected chi connectivity index (χ4v) is 1.42. The van der Waals surface area contributed by atoms with E-state index < -0.39 is 6.03 Å². The average molecular weight is 244 g/mol. The highest BCUT2D eigenvalue weighted by Crippen LogP contribution is 2.08. The van der Waals surface area contributed by atoms with Crippen LogP contribution in [0.1, 0.15) is 33.1 Å². The van der Waals surface area contributed by atoms with Crippen molar-refractivity contribution in [3.05, 3.63) is 0 Å². The monoisotopic (exact) mass is 244 g/mol. The average Bonchev–Trinajstić information content (AvgIpc) is 2.23. The van der Waals surface area contributed by atoms with Crippen LogP contribution >= 0.6 is 0 Å². The largest absolute Gasteiger partial charge is 0.354 e. The minimum Gasteiger partial charge on any atom is -0.354 e. The summed E-state index contributed by atoms with van der Waals surface area (Å²) in [5, 5.41) is 5.14. The predicted molar refractivity (Wildman–Crippen MR) is 67.3 cm³/mol. The van der Waals surface area contributed by atoms with Gasteiger partial charge in [0.1, 0.15) is 0 Å². The molecular weight excluding hydrogens is 220 g/mol. The molecule has 0 fully saturated rings. The van der Waals surface area contributed by atoms with Gasteiger partial charge in [0, 0.05) is 25.0 Å². The smallest absolute Gasteiger partial charge is 0.312 e. The Morgan fingerprint density at radius 2 is 1.71 bits per heavy atom. The zero-order valence-corrected chi connectivity index (χ0v) is 10.7. The maximum atomic E-state index is 11.6. The standard InChI is InChI=1S/C11H24N4O2/c1-8(4-3-5-9(2)12)10(16)14-6-7-15-11(13)17/h8-9H,3-7,12H2,1-2H3,(H,14,16)(H3,13,15,17). The highest BCUT2D eigenvalue weighted by Gasteiger charge is 2.11. The summed E-state index contributed by atoms with van der Waals surface area (Å²) < 4.78 is 0. The van der Waals surface area contributed by atoms with Crippen LogP contribution in [0.25, 0.3) is 0 Å². The van der Waals surface area contributed by atoms with Gasteiger partial charge in [-0.2, -0.15) is 0 Å². The lowest BCUT2D eigenvalue weighted by Crippen LogP contribution is -2.38. The van der Waals surface area contributed by atoms with Crippen molar-refractivity contribution in [2.45, 2.75) is 39.2 Å². The maximum Gasteiger partial charge on any atom is 0.312 e. The van der Waals surface area contributed by atoms with Gasteiger partial charge < -0.3 is 22.1 Å². The van der Waals surface area contributed by atoms with Gasteiger partial charge in [-0.05, 0) is 19.8 Å². The Morgan fingerprint density at radius 3 is 2.24 bits per heavy atom. The fourth-order valence-electron chi connectivity index (χ4n) is 1.42. The van der Waals surface area contributed by atoms with E-state index in [0.717, 1.165) is 19.3 Å². The molecule has 3 amide bonds. The molecule has 6 heteroatoms. The number of hydrogen-bond donors (Lipinski definition) is 4. The molecule has 0 saturated carbocycles. The molecule has 0 heterocycles. The molecule has 100 valence electrons. The summed E-state index contributed by atoms with van der Waals surface area (Å²) in [6.45, 7) is 4.60. The summed E-state index contributed by atoms with van der Waals surface area (Å²) in [5.74, 6) is -0.0247. The van der Waals surface area contributed by atoms with Crippen LogP contribution in [0.5, 0.6) is 0 Å². The van der Waals surface area contributed by atoms with Crippen molar-refractivity contribution in [2.24, 2.45) is 17.4 Å². The molecule has 6 N–H and O–H groups in total. The van der Waals surface area contributed by atoms with Crippen LogP contribution in [0.15, 0.2) is 0 Å². The number of carbonyl (C=O) groups is 2. The predicted octanol–water partition coefficient (Wildman–Crippen LogP) is -0.0755. The van der Waals surface area contributed by atoms with Crippen LogP contribution < -0.4 is 22.1 Å². The van der Waals surface area contributed by atoms with Crippen molar-refractivity contribution < 1.29 is 9.59 Å². The minimum atomic E-state index is -0.579. The van der Waals surface area contributed by atoms with E-state index in [9.17, 15) is 9.59 Å². The molecule has 0 radical (unpaired) electrons. The summed E-state index contributed by atoms with van der Waals surface area (Å²) in [6, 6.07) is -0.394.